The van der Waals surface area contributed by atoms with Crippen LogP contribution in [0.15, 0.2) is 23.1 Å². The zero-order valence-corrected chi connectivity index (χ0v) is 22.3. The summed E-state index contributed by atoms with van der Waals surface area (Å²) in [5.74, 6) is -2.12. The number of likely N-dealkylation sites (tertiary alicyclic amines) is 1. The number of amides is 1. The fourth-order valence-corrected chi connectivity index (χ4v) is 5.41. The largest absolute Gasteiger partial charge is 0.493 e. The smallest absolute Gasteiger partial charge is 0.490 e. The second kappa shape index (κ2) is 14.5. The summed E-state index contributed by atoms with van der Waals surface area (Å²) in [5, 5.41) is 10.3. The number of sulfonamides is 1. The molecule has 2 fully saturated rings. The second-order valence-corrected chi connectivity index (χ2v) is 10.6. The molecule has 1 aromatic rings. The number of hydrogen-bond acceptors (Lipinski definition) is 8. The van der Waals surface area contributed by atoms with E-state index in [-0.39, 0.29) is 23.9 Å². The van der Waals surface area contributed by atoms with Crippen molar-refractivity contribution < 1.29 is 45.8 Å². The highest BCUT2D eigenvalue weighted by atomic mass is 32.2. The van der Waals surface area contributed by atoms with Crippen molar-refractivity contribution in [2.75, 3.05) is 73.1 Å². The number of halogens is 3. The molecule has 0 unspecified atom stereocenters. The molecular formula is C23H35F3N4O7S. The number of carboxylic acids is 1. The van der Waals surface area contributed by atoms with Gasteiger partial charge in [-0.2, -0.15) is 17.5 Å². The number of piperidine rings is 1. The predicted octanol–water partition coefficient (Wildman–Crippen LogP) is 1.25. The molecule has 2 saturated heterocycles. The van der Waals surface area contributed by atoms with E-state index in [9.17, 15) is 26.4 Å². The van der Waals surface area contributed by atoms with Gasteiger partial charge in [0.05, 0.1) is 25.7 Å². The molecule has 0 spiro atoms. The van der Waals surface area contributed by atoms with Crippen LogP contribution in [0.2, 0.25) is 0 Å². The van der Waals surface area contributed by atoms with Crippen molar-refractivity contribution in [3.8, 4) is 11.5 Å². The van der Waals surface area contributed by atoms with Crippen molar-refractivity contribution in [2.24, 2.45) is 0 Å². The lowest BCUT2D eigenvalue weighted by Crippen LogP contribution is -2.51. The van der Waals surface area contributed by atoms with Crippen molar-refractivity contribution in [3.05, 3.63) is 18.2 Å². The molecule has 2 aliphatic heterocycles. The van der Waals surface area contributed by atoms with Crippen LogP contribution in [0, 0.1) is 0 Å². The number of methoxy groups -OCH3 is 2. The molecule has 2 heterocycles. The molecule has 0 aliphatic carbocycles. The lowest BCUT2D eigenvalue weighted by atomic mass is 10.1. The first-order valence-electron chi connectivity index (χ1n) is 12.1. The molecule has 216 valence electrons. The third-order valence-electron chi connectivity index (χ3n) is 6.13. The minimum atomic E-state index is -5.08. The van der Waals surface area contributed by atoms with Gasteiger partial charge in [-0.1, -0.05) is 6.42 Å². The minimum Gasteiger partial charge on any atom is -0.493 e. The number of hydrogen-bond donors (Lipinski definition) is 2. The number of nitrogens with one attached hydrogen (secondary N) is 1. The molecule has 1 amide bonds. The number of benzene rings is 1. The highest BCUT2D eigenvalue weighted by Crippen LogP contribution is 2.30. The number of carbonyl (C=O) groups is 2. The van der Waals surface area contributed by atoms with Gasteiger partial charge < -0.3 is 29.7 Å². The van der Waals surface area contributed by atoms with Gasteiger partial charge in [0.2, 0.25) is 15.9 Å². The third-order valence-corrected chi connectivity index (χ3v) is 7.97. The van der Waals surface area contributed by atoms with Gasteiger partial charge in [-0.3, -0.25) is 4.79 Å². The lowest BCUT2D eigenvalue weighted by Gasteiger charge is -2.32. The van der Waals surface area contributed by atoms with Gasteiger partial charge in [0, 0.05) is 45.3 Å². The lowest BCUT2D eigenvalue weighted by molar-refractivity contribution is -0.192. The maximum absolute atomic E-state index is 13.5. The molecule has 15 heteroatoms. The van der Waals surface area contributed by atoms with Gasteiger partial charge in [-0.15, -0.1) is 0 Å². The molecule has 0 saturated carbocycles. The summed E-state index contributed by atoms with van der Waals surface area (Å²) in [4.78, 5) is 25.9. The monoisotopic (exact) mass is 568 g/mol. The number of nitrogens with zero attached hydrogens (tertiary/aromatic N) is 3. The maximum atomic E-state index is 13.5. The number of carbonyl (C=O) groups excluding carboxylic acids is 1. The average molecular weight is 569 g/mol. The Bertz CT molecular complexity index is 1030. The molecular weight excluding hydrogens is 533 g/mol. The zero-order chi connectivity index (χ0) is 28.3. The van der Waals surface area contributed by atoms with Gasteiger partial charge in [-0.05, 0) is 38.1 Å². The van der Waals surface area contributed by atoms with Crippen LogP contribution >= 0.6 is 0 Å². The fourth-order valence-electron chi connectivity index (χ4n) is 4.01. The first-order valence-corrected chi connectivity index (χ1v) is 13.6. The molecule has 0 bridgehead atoms. The summed E-state index contributed by atoms with van der Waals surface area (Å²) in [6.07, 6.45) is -1.62. The van der Waals surface area contributed by atoms with Crippen LogP contribution in [0.4, 0.5) is 13.2 Å². The first-order chi connectivity index (χ1) is 17.9. The van der Waals surface area contributed by atoms with E-state index in [0.29, 0.717) is 31.1 Å². The van der Waals surface area contributed by atoms with Gasteiger partial charge in [0.15, 0.2) is 11.5 Å². The first kappa shape index (κ1) is 31.6. The van der Waals surface area contributed by atoms with E-state index in [4.69, 9.17) is 19.4 Å². The minimum absolute atomic E-state index is 0.0944. The van der Waals surface area contributed by atoms with Crippen molar-refractivity contribution in [1.82, 2.24) is 19.4 Å². The Morgan fingerprint density at radius 3 is 2.13 bits per heavy atom. The van der Waals surface area contributed by atoms with E-state index < -0.39 is 22.2 Å². The Morgan fingerprint density at radius 2 is 1.61 bits per heavy atom. The Hall–Kier alpha value is -2.62. The van der Waals surface area contributed by atoms with Crippen molar-refractivity contribution >= 4 is 21.9 Å². The number of aliphatic carboxylic acids is 1. The molecule has 0 atom stereocenters. The quantitative estimate of drug-likeness (QED) is 0.452. The summed E-state index contributed by atoms with van der Waals surface area (Å²) in [6, 6.07) is 4.53. The van der Waals surface area contributed by atoms with E-state index in [0.717, 1.165) is 39.0 Å². The summed E-state index contributed by atoms with van der Waals surface area (Å²) in [6.45, 7) is 5.29. The van der Waals surface area contributed by atoms with E-state index in [1.165, 1.54) is 37.1 Å². The van der Waals surface area contributed by atoms with Crippen LogP contribution in [0.5, 0.6) is 11.5 Å². The Balaban J connectivity index is 0.000000638. The molecule has 1 aromatic carbocycles. The number of carboxylic acid groups (broad SMARTS) is 1. The van der Waals surface area contributed by atoms with Crippen LogP contribution in [-0.4, -0.2) is 119 Å². The highest BCUT2D eigenvalue weighted by molar-refractivity contribution is 7.89. The normalized spacial score (nSPS) is 16.9. The summed E-state index contributed by atoms with van der Waals surface area (Å²) < 4.78 is 70.6. The fraction of sp³-hybridized carbons (Fsp3) is 0.652. The summed E-state index contributed by atoms with van der Waals surface area (Å²) in [7, 11) is -0.914. The van der Waals surface area contributed by atoms with Crippen LogP contribution in [0.3, 0.4) is 0 Å². The van der Waals surface area contributed by atoms with E-state index >= 15 is 0 Å². The van der Waals surface area contributed by atoms with Crippen LogP contribution in [0.25, 0.3) is 0 Å². The highest BCUT2D eigenvalue weighted by Gasteiger charge is 2.38. The topological polar surface area (TPSA) is 129 Å². The number of alkyl halides is 3. The Labute approximate surface area is 220 Å². The third kappa shape index (κ3) is 9.29. The van der Waals surface area contributed by atoms with E-state index in [1.807, 2.05) is 0 Å². The maximum Gasteiger partial charge on any atom is 0.490 e. The number of ether oxygens (including phenoxy) is 2. The summed E-state index contributed by atoms with van der Waals surface area (Å²) in [5.41, 5.74) is 0. The van der Waals surface area contributed by atoms with Crippen molar-refractivity contribution in [1.29, 1.82) is 0 Å². The van der Waals surface area contributed by atoms with Crippen LogP contribution in [0.1, 0.15) is 19.3 Å². The Kier molecular flexibility index (Phi) is 12.1. The average Bonchev–Trinajstić information content (AvgIpc) is 2.91. The molecule has 3 rings (SSSR count). The van der Waals surface area contributed by atoms with Gasteiger partial charge in [0.25, 0.3) is 0 Å². The van der Waals surface area contributed by atoms with E-state index in [2.05, 4.69) is 10.2 Å². The molecule has 2 N–H and O–H groups in total. The van der Waals surface area contributed by atoms with Crippen LogP contribution in [-0.2, 0) is 19.6 Å². The van der Waals surface area contributed by atoms with Gasteiger partial charge in [-0.25, -0.2) is 13.2 Å². The van der Waals surface area contributed by atoms with Gasteiger partial charge >= 0.3 is 12.1 Å². The summed E-state index contributed by atoms with van der Waals surface area (Å²) >= 11 is 0. The molecule has 38 heavy (non-hydrogen) atoms. The Morgan fingerprint density at radius 1 is 1.03 bits per heavy atom. The van der Waals surface area contributed by atoms with Crippen molar-refractivity contribution in [2.45, 2.75) is 30.3 Å². The SMILES string of the molecule is COc1ccc(S(=O)(=O)N(CCN2CCCCC2)CC(=O)N2CCNCC2)cc1OC.O=C(O)C(F)(F)F. The molecule has 0 radical (unpaired) electrons. The number of piperazine rings is 1. The standard InChI is InChI=1S/C21H34N4O5S.C2HF3O2/c1-29-19-7-6-18(16-20(19)30-2)31(27,28)25(15-14-23-10-4-3-5-11-23)17-21(26)24-12-8-22-9-13-24;3-2(4,5)1(6)7/h6-7,16,22H,3-5,8-15,17H2,1-2H3;(H,6,7). The molecule has 0 aromatic heterocycles. The molecule has 11 nitrogen and oxygen atoms in total. The molecule has 2 aliphatic rings. The van der Waals surface area contributed by atoms with Gasteiger partial charge in [0.1, 0.15) is 0 Å². The predicted molar refractivity (Wildman–Crippen MR) is 132 cm³/mol. The number of rotatable bonds is 9. The van der Waals surface area contributed by atoms with Crippen molar-refractivity contribution in [3.63, 3.8) is 0 Å². The second-order valence-electron chi connectivity index (χ2n) is 8.69. The van der Waals surface area contributed by atoms with E-state index in [1.54, 1.807) is 11.0 Å². The van der Waals surface area contributed by atoms with Crippen LogP contribution < -0.4 is 14.8 Å². The zero-order valence-electron chi connectivity index (χ0n) is 21.5.